The fourth-order valence-electron chi connectivity index (χ4n) is 6.98. The highest BCUT2D eigenvalue weighted by Gasteiger charge is 2.49. The number of nitrogens with one attached hydrogen (secondary N) is 1. The molecule has 0 radical (unpaired) electrons. The number of esters is 2. The van der Waals surface area contributed by atoms with Gasteiger partial charge in [-0.05, 0) is 55.0 Å². The number of nitrogens with zero attached hydrogens (tertiary/aromatic N) is 5. The minimum atomic E-state index is -1.17. The largest absolute Gasteiger partial charge is 0.456 e. The maximum atomic E-state index is 11.6. The summed E-state index contributed by atoms with van der Waals surface area (Å²) in [6.45, 7) is 4.12. The molecule has 366 valence electrons. The number of aromatic nitrogens is 6. The van der Waals surface area contributed by atoms with Crippen molar-refractivity contribution in [3.05, 3.63) is 108 Å². The normalized spacial score (nSPS) is 21.8. The Balaban J connectivity index is 0.000000181. The number of ether oxygens (including phenoxy) is 4. The lowest BCUT2D eigenvalue weighted by Gasteiger charge is -2.23. The summed E-state index contributed by atoms with van der Waals surface area (Å²) in [5, 5.41) is 32.3. The van der Waals surface area contributed by atoms with E-state index in [-0.39, 0.29) is 14.0 Å². The van der Waals surface area contributed by atoms with Crippen molar-refractivity contribution in [3.63, 3.8) is 0 Å². The Morgan fingerprint density at radius 1 is 0.632 bits per heavy atom. The summed E-state index contributed by atoms with van der Waals surface area (Å²) in [5.74, 6) is -0.969. The summed E-state index contributed by atoms with van der Waals surface area (Å²) in [6.07, 6.45) is -1.46. The third-order valence-electron chi connectivity index (χ3n) is 10.2. The Labute approximate surface area is 428 Å². The van der Waals surface area contributed by atoms with Crippen molar-refractivity contribution in [2.45, 2.75) is 83.7 Å². The minimum Gasteiger partial charge on any atom is -0.456 e. The van der Waals surface area contributed by atoms with E-state index >= 15 is 0 Å². The molecule has 9 rings (SSSR count). The van der Waals surface area contributed by atoms with Crippen molar-refractivity contribution in [1.82, 2.24) is 29.1 Å². The molecule has 0 saturated carbocycles. The number of carbonyl (C=O) groups excluding carboxylic acids is 2. The third kappa shape index (κ3) is 12.5. The highest BCUT2D eigenvalue weighted by atomic mass is 35.5. The van der Waals surface area contributed by atoms with E-state index in [1.165, 1.54) is 32.3 Å². The topological polar surface area (TPSA) is 248 Å². The molecule has 0 amide bonds. The molecule has 2 saturated heterocycles. The number of anilines is 2. The average Bonchev–Trinajstić information content (AvgIpc) is 4.11. The molecule has 0 bridgehead atoms. The number of aliphatic hydroxyl groups is 3. The van der Waals surface area contributed by atoms with Crippen LogP contribution in [-0.4, -0.2) is 99.6 Å². The molecule has 7 aromatic rings. The Bertz CT molecular complexity index is 2820. The van der Waals surface area contributed by atoms with E-state index in [1.807, 2.05) is 6.92 Å². The van der Waals surface area contributed by atoms with Gasteiger partial charge in [0.05, 0.1) is 110 Å². The first-order chi connectivity index (χ1) is 31.7. The highest BCUT2D eigenvalue weighted by molar-refractivity contribution is 6.44. The number of imidazole rings is 3. The van der Waals surface area contributed by atoms with Gasteiger partial charge in [0.15, 0.2) is 24.7 Å². The molecule has 17 nitrogen and oxygen atoms in total. The van der Waals surface area contributed by atoms with Gasteiger partial charge in [-0.2, -0.15) is 0 Å². The van der Waals surface area contributed by atoms with Crippen LogP contribution in [0.15, 0.2) is 67.5 Å². The quantitative estimate of drug-likeness (QED) is 0.0670. The number of nitrogen functional groups attached to an aromatic ring is 2. The minimum absolute atomic E-state index is 0. The number of benzene rings is 4. The van der Waals surface area contributed by atoms with Gasteiger partial charge in [0.25, 0.3) is 0 Å². The molecule has 8 N–H and O–H groups in total. The Hall–Kier alpha value is -4.05. The van der Waals surface area contributed by atoms with Crippen molar-refractivity contribution < 1.29 is 43.9 Å². The van der Waals surface area contributed by atoms with Crippen molar-refractivity contribution in [3.8, 4) is 0 Å². The fourth-order valence-corrected chi connectivity index (χ4v) is 8.28. The molecule has 4 aromatic carbocycles. The lowest BCUT2D eigenvalue weighted by Crippen LogP contribution is -2.38. The molecule has 3 aromatic heterocycles. The first-order valence-corrected chi connectivity index (χ1v) is 22.8. The van der Waals surface area contributed by atoms with E-state index in [9.17, 15) is 19.8 Å². The number of hydrogen-bond acceptors (Lipinski definition) is 14. The predicted octanol–water partition coefficient (Wildman–Crippen LogP) is 10.1. The number of nitrogens with two attached hydrogens (primary N) is 2. The summed E-state index contributed by atoms with van der Waals surface area (Å²) in [7, 11) is 0. The van der Waals surface area contributed by atoms with E-state index in [4.69, 9.17) is 128 Å². The van der Waals surface area contributed by atoms with E-state index < -0.39 is 61.0 Å². The predicted molar refractivity (Wildman–Crippen MR) is 266 cm³/mol. The fraction of sp³-hybridized carbons (Fsp3) is 0.326. The Morgan fingerprint density at radius 2 is 1.06 bits per heavy atom. The SMILES string of the molecule is C.CC[C@H]1O[C@@H](n2cnc3cc(Cl)c(Cl)cc32)C(OC(C)=O)[C@H]1OC(C)=O.Clc1cc2nc[nH]c2cc1Cl.Nc1cc(Cl)c(Cl)cc1N.OC[C@H]1O[C@@H](n2cnc3cc(Cl)c(Cl)cc32)C(O)[C@H]1O. The van der Waals surface area contributed by atoms with Crippen molar-refractivity contribution >= 4 is 149 Å². The maximum absolute atomic E-state index is 11.6. The summed E-state index contributed by atoms with van der Waals surface area (Å²) in [4.78, 5) is 38.6. The monoisotopic (exact) mass is 1100 g/mol. The van der Waals surface area contributed by atoms with Crippen LogP contribution in [0.3, 0.4) is 0 Å². The molecule has 5 heterocycles. The first kappa shape index (κ1) is 54.9. The van der Waals surface area contributed by atoms with Crippen molar-refractivity contribution in [1.29, 1.82) is 0 Å². The second-order valence-electron chi connectivity index (χ2n) is 14.7. The molecule has 0 spiro atoms. The van der Waals surface area contributed by atoms with Gasteiger partial charge in [-0.3, -0.25) is 9.59 Å². The zero-order chi connectivity index (χ0) is 49.0. The lowest BCUT2D eigenvalue weighted by molar-refractivity contribution is -0.165. The van der Waals surface area contributed by atoms with Gasteiger partial charge in [-0.25, -0.2) is 15.0 Å². The van der Waals surface area contributed by atoms with Crippen molar-refractivity contribution in [2.75, 3.05) is 18.1 Å². The molecule has 8 atom stereocenters. The smallest absolute Gasteiger partial charge is 0.303 e. The Kier molecular flexibility index (Phi) is 19.1. The highest BCUT2D eigenvalue weighted by Crippen LogP contribution is 2.39. The molecule has 2 aliphatic heterocycles. The number of carbonyl (C=O) groups is 2. The number of hydrogen-bond donors (Lipinski definition) is 6. The molecule has 2 unspecified atom stereocenters. The van der Waals surface area contributed by atoms with Crippen LogP contribution >= 0.6 is 92.8 Å². The van der Waals surface area contributed by atoms with Gasteiger partial charge in [0.1, 0.15) is 24.4 Å². The molecular weight excluding hydrogens is 1060 g/mol. The van der Waals surface area contributed by atoms with Crippen LogP contribution in [0.2, 0.25) is 40.2 Å². The molecular formula is C43H44Cl8N8O9. The van der Waals surface area contributed by atoms with E-state index in [1.54, 1.807) is 58.2 Å². The van der Waals surface area contributed by atoms with Gasteiger partial charge in [0.2, 0.25) is 0 Å². The van der Waals surface area contributed by atoms with Gasteiger partial charge in [-0.1, -0.05) is 107 Å². The molecule has 2 aliphatic rings. The number of aliphatic hydroxyl groups excluding tert-OH is 3. The van der Waals surface area contributed by atoms with Crippen LogP contribution in [0.1, 0.15) is 47.1 Å². The van der Waals surface area contributed by atoms with Crippen LogP contribution in [0.25, 0.3) is 33.1 Å². The van der Waals surface area contributed by atoms with Crippen molar-refractivity contribution in [2.24, 2.45) is 0 Å². The van der Waals surface area contributed by atoms with Crippen LogP contribution in [0.5, 0.6) is 0 Å². The Morgan fingerprint density at radius 3 is 1.53 bits per heavy atom. The second-order valence-corrected chi connectivity index (χ2v) is 18.0. The average molecular weight is 1100 g/mol. The summed E-state index contributed by atoms with van der Waals surface area (Å²) < 4.78 is 25.6. The number of halogens is 8. The second kappa shape index (κ2) is 23.7. The van der Waals surface area contributed by atoms with Crippen LogP contribution in [0.4, 0.5) is 11.4 Å². The lowest BCUT2D eigenvalue weighted by atomic mass is 10.1. The maximum Gasteiger partial charge on any atom is 0.303 e. The van der Waals surface area contributed by atoms with Gasteiger partial charge in [-0.15, -0.1) is 0 Å². The van der Waals surface area contributed by atoms with E-state index in [2.05, 4.69) is 19.9 Å². The summed E-state index contributed by atoms with van der Waals surface area (Å²) in [6, 6.07) is 13.1. The van der Waals surface area contributed by atoms with Crippen LogP contribution < -0.4 is 11.5 Å². The number of rotatable bonds is 6. The van der Waals surface area contributed by atoms with E-state index in [0.717, 1.165) is 11.0 Å². The number of fused-ring (bicyclic) bond motifs is 3. The summed E-state index contributed by atoms with van der Waals surface area (Å²) >= 11 is 46.8. The zero-order valence-electron chi connectivity index (χ0n) is 35.1. The third-order valence-corrected chi connectivity index (χ3v) is 13.1. The molecule has 2 fully saturated rings. The first-order valence-electron chi connectivity index (χ1n) is 19.8. The van der Waals surface area contributed by atoms with Crippen LogP contribution in [0, 0.1) is 0 Å². The van der Waals surface area contributed by atoms with E-state index in [0.29, 0.717) is 80.0 Å². The zero-order valence-corrected chi connectivity index (χ0v) is 41.1. The molecule has 0 aliphatic carbocycles. The van der Waals surface area contributed by atoms with Gasteiger partial charge >= 0.3 is 11.9 Å². The number of H-pyrrole nitrogens is 1. The standard InChI is InChI=1S/C17H18Cl2N2O5.C12H12Cl2N2O4.C7H4Cl2N2.C6H6Cl2N2.CH4/c1-4-14-15(24-8(2)22)16(25-9(3)23)17(26-14)21-7-20-12-5-10(18)11(19)6-13(12)21;13-5-1-7-8(2-6(5)14)16(4-15-7)12-11(19)10(18)9(3-17)20-12;8-4-1-6-7(2-5(4)9)11-3-10-6;7-3-1-5(9)6(10)2-4(3)8;/h5-7,14-17H,4H2,1-3H3;1-2,4,9-12,17-19H,3H2;1-3H,(H,10,11);1-2H,9-10H2;1H4/t14-,15+,16?,17-;9-,10+,11?,12-;;;/m11.../s1. The summed E-state index contributed by atoms with van der Waals surface area (Å²) in [5.41, 5.74) is 16.0. The van der Waals surface area contributed by atoms with Gasteiger partial charge < -0.3 is 59.9 Å². The van der Waals surface area contributed by atoms with Gasteiger partial charge in [0, 0.05) is 13.8 Å². The molecule has 25 heteroatoms. The molecule has 68 heavy (non-hydrogen) atoms. The number of aromatic amines is 1. The van der Waals surface area contributed by atoms with Crippen LogP contribution in [-0.2, 0) is 28.5 Å².